The van der Waals surface area contributed by atoms with Gasteiger partial charge in [-0.3, -0.25) is 0 Å². The molecule has 2 N–H and O–H groups in total. The number of hydrogen-bond acceptors (Lipinski definition) is 5. The average Bonchev–Trinajstić information content (AvgIpc) is 2.48. The molecule has 1 aromatic carbocycles. The maximum absolute atomic E-state index is 10.8. The summed E-state index contributed by atoms with van der Waals surface area (Å²) >= 11 is 11.2. The van der Waals surface area contributed by atoms with Crippen LogP contribution in [-0.4, -0.2) is 48.7 Å². The lowest BCUT2D eigenvalue weighted by Crippen LogP contribution is -2.18. The Bertz CT molecular complexity index is 380. The molecule has 1 rings (SSSR count). The van der Waals surface area contributed by atoms with Crippen molar-refractivity contribution < 1.29 is 24.5 Å². The van der Waals surface area contributed by atoms with Gasteiger partial charge in [-0.25, -0.2) is 4.79 Å². The molecule has 0 aliphatic carbocycles. The third kappa shape index (κ3) is 11.5. The molecule has 120 valence electrons. The molecule has 0 heterocycles. The highest BCUT2D eigenvalue weighted by Gasteiger charge is 2.05. The molecule has 0 saturated heterocycles. The number of rotatable bonds is 7. The highest BCUT2D eigenvalue weighted by atomic mass is 35.5. The van der Waals surface area contributed by atoms with Crippen LogP contribution in [0.3, 0.4) is 0 Å². The van der Waals surface area contributed by atoms with Gasteiger partial charge in [0.2, 0.25) is 0 Å². The summed E-state index contributed by atoms with van der Waals surface area (Å²) in [6, 6.07) is 7.19. The van der Waals surface area contributed by atoms with Crippen LogP contribution in [0, 0.1) is 0 Å². The molecule has 0 spiro atoms. The van der Waals surface area contributed by atoms with Gasteiger partial charge in [-0.05, 0) is 19.1 Å². The lowest BCUT2D eigenvalue weighted by atomic mass is 10.3. The highest BCUT2D eigenvalue weighted by Crippen LogP contribution is 2.19. The number of carbonyl (C=O) groups is 1. The fraction of sp³-hybridized carbons (Fsp3) is 0.500. The SMILES string of the molecule is CCOCC(=O)OCCC(O)CO.Clc1ccccc1Cl. The second-order valence-electron chi connectivity index (χ2n) is 3.90. The summed E-state index contributed by atoms with van der Waals surface area (Å²) in [5.74, 6) is -0.452. The van der Waals surface area contributed by atoms with E-state index in [2.05, 4.69) is 4.74 Å². The minimum atomic E-state index is -0.820. The van der Waals surface area contributed by atoms with Crippen molar-refractivity contribution in [3.63, 3.8) is 0 Å². The monoisotopic (exact) mass is 338 g/mol. The number of esters is 1. The van der Waals surface area contributed by atoms with Crippen LogP contribution in [0.1, 0.15) is 13.3 Å². The van der Waals surface area contributed by atoms with Crippen molar-refractivity contribution in [3.05, 3.63) is 34.3 Å². The number of carbonyl (C=O) groups excluding carboxylic acids is 1. The zero-order valence-corrected chi connectivity index (χ0v) is 13.3. The smallest absolute Gasteiger partial charge is 0.332 e. The van der Waals surface area contributed by atoms with E-state index in [1.54, 1.807) is 19.1 Å². The zero-order valence-electron chi connectivity index (χ0n) is 11.8. The molecule has 0 radical (unpaired) electrons. The van der Waals surface area contributed by atoms with E-state index in [0.717, 1.165) is 0 Å². The van der Waals surface area contributed by atoms with E-state index >= 15 is 0 Å². The Kier molecular flexibility index (Phi) is 12.3. The molecule has 21 heavy (non-hydrogen) atoms. The Labute approximate surface area is 134 Å². The zero-order chi connectivity index (χ0) is 16.1. The summed E-state index contributed by atoms with van der Waals surface area (Å²) in [7, 11) is 0. The molecule has 0 amide bonds. The summed E-state index contributed by atoms with van der Waals surface area (Å²) in [5.41, 5.74) is 0. The van der Waals surface area contributed by atoms with Gasteiger partial charge in [0.25, 0.3) is 0 Å². The molecule has 1 atom stereocenters. The normalized spacial score (nSPS) is 11.3. The van der Waals surface area contributed by atoms with E-state index in [1.807, 2.05) is 12.1 Å². The van der Waals surface area contributed by atoms with Gasteiger partial charge in [-0.1, -0.05) is 35.3 Å². The summed E-state index contributed by atoms with van der Waals surface area (Å²) in [5, 5.41) is 18.5. The van der Waals surface area contributed by atoms with Crippen LogP contribution in [0.15, 0.2) is 24.3 Å². The highest BCUT2D eigenvalue weighted by molar-refractivity contribution is 6.41. The molecule has 0 aliphatic rings. The van der Waals surface area contributed by atoms with E-state index in [4.69, 9.17) is 38.2 Å². The van der Waals surface area contributed by atoms with Crippen LogP contribution in [-0.2, 0) is 14.3 Å². The van der Waals surface area contributed by atoms with Gasteiger partial charge in [0.05, 0.1) is 29.4 Å². The summed E-state index contributed by atoms with van der Waals surface area (Å²) in [6.45, 7) is 1.97. The van der Waals surface area contributed by atoms with Gasteiger partial charge in [-0.2, -0.15) is 0 Å². The third-order valence-electron chi connectivity index (χ3n) is 2.17. The standard InChI is InChI=1S/C8H16O5.C6H4Cl2/c1-2-12-6-8(11)13-4-3-7(10)5-9;7-5-3-1-2-4-6(5)8/h7,9-10H,2-6H2,1H3;1-4H. The van der Waals surface area contributed by atoms with Crippen molar-refractivity contribution in [1.82, 2.24) is 0 Å². The summed E-state index contributed by atoms with van der Waals surface area (Å²) in [6.07, 6.45) is -0.575. The van der Waals surface area contributed by atoms with Crippen molar-refractivity contribution in [2.45, 2.75) is 19.4 Å². The van der Waals surface area contributed by atoms with Crippen molar-refractivity contribution in [2.24, 2.45) is 0 Å². The molecule has 0 aliphatic heterocycles. The van der Waals surface area contributed by atoms with Crippen LogP contribution in [0.4, 0.5) is 0 Å². The van der Waals surface area contributed by atoms with Crippen LogP contribution in [0.5, 0.6) is 0 Å². The summed E-state index contributed by atoms with van der Waals surface area (Å²) in [4.78, 5) is 10.8. The second-order valence-corrected chi connectivity index (χ2v) is 4.71. The fourth-order valence-electron chi connectivity index (χ4n) is 1.07. The van der Waals surface area contributed by atoms with Gasteiger partial charge in [0.1, 0.15) is 6.61 Å². The summed E-state index contributed by atoms with van der Waals surface area (Å²) < 4.78 is 9.47. The first-order chi connectivity index (χ1) is 10.0. The first-order valence-electron chi connectivity index (χ1n) is 6.43. The molecule has 1 aromatic rings. The minimum absolute atomic E-state index is 0.0638. The Balaban J connectivity index is 0.000000423. The molecular formula is C14H20Cl2O5. The average molecular weight is 339 g/mol. The van der Waals surface area contributed by atoms with Crippen LogP contribution in [0.25, 0.3) is 0 Å². The fourth-order valence-corrected chi connectivity index (χ4v) is 1.34. The Morgan fingerprint density at radius 3 is 2.29 bits per heavy atom. The quantitative estimate of drug-likeness (QED) is 0.746. The lowest BCUT2D eigenvalue weighted by molar-refractivity contribution is -0.149. The van der Waals surface area contributed by atoms with E-state index in [9.17, 15) is 4.79 Å². The van der Waals surface area contributed by atoms with E-state index < -0.39 is 12.1 Å². The molecule has 7 heteroatoms. The number of aliphatic hydroxyl groups excluding tert-OH is 2. The largest absolute Gasteiger partial charge is 0.464 e. The molecule has 5 nitrogen and oxygen atoms in total. The Morgan fingerprint density at radius 1 is 1.29 bits per heavy atom. The van der Waals surface area contributed by atoms with Crippen molar-refractivity contribution in [2.75, 3.05) is 26.4 Å². The minimum Gasteiger partial charge on any atom is -0.464 e. The first-order valence-corrected chi connectivity index (χ1v) is 7.19. The van der Waals surface area contributed by atoms with Gasteiger partial charge in [0, 0.05) is 13.0 Å². The molecule has 1 unspecified atom stereocenters. The van der Waals surface area contributed by atoms with Crippen LogP contribution < -0.4 is 0 Å². The molecular weight excluding hydrogens is 319 g/mol. The van der Waals surface area contributed by atoms with E-state index in [1.165, 1.54) is 0 Å². The van der Waals surface area contributed by atoms with Gasteiger partial charge in [-0.15, -0.1) is 0 Å². The van der Waals surface area contributed by atoms with Gasteiger partial charge in [0.15, 0.2) is 0 Å². The first kappa shape index (κ1) is 20.1. The van der Waals surface area contributed by atoms with E-state index in [0.29, 0.717) is 16.7 Å². The van der Waals surface area contributed by atoms with Gasteiger partial charge < -0.3 is 19.7 Å². The second kappa shape index (κ2) is 12.9. The molecule has 0 saturated carbocycles. The molecule has 0 fully saturated rings. The number of hydrogen-bond donors (Lipinski definition) is 2. The topological polar surface area (TPSA) is 76.0 Å². The predicted molar refractivity (Wildman–Crippen MR) is 81.6 cm³/mol. The number of ether oxygens (including phenoxy) is 2. The van der Waals surface area contributed by atoms with E-state index in [-0.39, 0.29) is 26.2 Å². The maximum Gasteiger partial charge on any atom is 0.332 e. The lowest BCUT2D eigenvalue weighted by Gasteiger charge is -2.07. The number of halogens is 2. The molecule has 0 aromatic heterocycles. The Hall–Kier alpha value is -0.850. The maximum atomic E-state index is 10.8. The number of aliphatic hydroxyl groups is 2. The van der Waals surface area contributed by atoms with Crippen molar-refractivity contribution >= 4 is 29.2 Å². The van der Waals surface area contributed by atoms with Crippen LogP contribution in [0.2, 0.25) is 10.0 Å². The third-order valence-corrected chi connectivity index (χ3v) is 2.93. The number of benzene rings is 1. The molecule has 0 bridgehead atoms. The van der Waals surface area contributed by atoms with Crippen molar-refractivity contribution in [3.8, 4) is 0 Å². The van der Waals surface area contributed by atoms with Crippen molar-refractivity contribution in [1.29, 1.82) is 0 Å². The predicted octanol–water partition coefficient (Wildman–Crippen LogP) is 2.30. The van der Waals surface area contributed by atoms with Crippen LogP contribution >= 0.6 is 23.2 Å². The van der Waals surface area contributed by atoms with Gasteiger partial charge >= 0.3 is 5.97 Å². The Morgan fingerprint density at radius 2 is 1.86 bits per heavy atom.